The van der Waals surface area contributed by atoms with Gasteiger partial charge in [0.2, 0.25) is 5.95 Å². The Balaban J connectivity index is 2.58. The number of hydrogen-bond acceptors (Lipinski definition) is 7. The van der Waals surface area contributed by atoms with Gasteiger partial charge in [-0.15, -0.1) is 4.98 Å². The van der Waals surface area contributed by atoms with E-state index in [1.807, 2.05) is 6.92 Å². The van der Waals surface area contributed by atoms with E-state index in [1.165, 1.54) is 14.2 Å². The maximum atomic E-state index is 11.2. The van der Waals surface area contributed by atoms with E-state index in [1.54, 1.807) is 6.26 Å². The third-order valence-electron chi connectivity index (χ3n) is 2.36. The number of nitrogens with zero attached hydrogens (tertiary/aromatic N) is 3. The molecule has 0 bridgehead atoms. The van der Waals surface area contributed by atoms with E-state index in [-0.39, 0.29) is 17.3 Å². The molecule has 1 aromatic heterocycles. The van der Waals surface area contributed by atoms with E-state index in [0.29, 0.717) is 12.5 Å². The standard InChI is InChI=1S/C10H18N4O3S/c1-7(18(4)15)5-6-11-8-12-9(16-2)14-10(13-8)17-3/h7H,5-6H2,1-4H3,(H,11,12,13,14). The second-order valence-corrected chi connectivity index (χ2v) is 5.46. The predicted octanol–water partition coefficient (Wildman–Crippen LogP) is 0.458. The van der Waals surface area contributed by atoms with Crippen LogP contribution in [0.3, 0.4) is 0 Å². The molecule has 102 valence electrons. The molecule has 0 saturated heterocycles. The quantitative estimate of drug-likeness (QED) is 0.772. The second kappa shape index (κ2) is 7.10. The van der Waals surface area contributed by atoms with Crippen molar-refractivity contribution in [3.8, 4) is 12.0 Å². The van der Waals surface area contributed by atoms with E-state index in [0.717, 1.165) is 6.42 Å². The van der Waals surface area contributed by atoms with Crippen molar-refractivity contribution in [1.82, 2.24) is 15.0 Å². The first-order valence-electron chi connectivity index (χ1n) is 5.47. The van der Waals surface area contributed by atoms with Gasteiger partial charge >= 0.3 is 12.0 Å². The van der Waals surface area contributed by atoms with Gasteiger partial charge in [0, 0.05) is 28.9 Å². The van der Waals surface area contributed by atoms with Crippen molar-refractivity contribution in [1.29, 1.82) is 0 Å². The molecule has 18 heavy (non-hydrogen) atoms. The zero-order chi connectivity index (χ0) is 13.5. The van der Waals surface area contributed by atoms with Crippen LogP contribution in [0, 0.1) is 0 Å². The van der Waals surface area contributed by atoms with Gasteiger partial charge in [-0.25, -0.2) is 0 Å². The van der Waals surface area contributed by atoms with E-state index >= 15 is 0 Å². The molecule has 0 fully saturated rings. The molecule has 0 saturated carbocycles. The number of methoxy groups -OCH3 is 2. The average Bonchev–Trinajstić information content (AvgIpc) is 2.37. The molecule has 2 atom stereocenters. The summed E-state index contributed by atoms with van der Waals surface area (Å²) >= 11 is 0. The van der Waals surface area contributed by atoms with Crippen LogP contribution in [0.15, 0.2) is 0 Å². The van der Waals surface area contributed by atoms with Crippen molar-refractivity contribution >= 4 is 16.7 Å². The molecule has 0 spiro atoms. The highest BCUT2D eigenvalue weighted by molar-refractivity contribution is 7.84. The van der Waals surface area contributed by atoms with Crippen LogP contribution in [0.25, 0.3) is 0 Å². The molecular weight excluding hydrogens is 256 g/mol. The third-order valence-corrected chi connectivity index (χ3v) is 3.73. The third kappa shape index (κ3) is 4.44. The number of ether oxygens (including phenoxy) is 2. The number of nitrogens with one attached hydrogen (secondary N) is 1. The van der Waals surface area contributed by atoms with Crippen LogP contribution in [0.4, 0.5) is 5.95 Å². The van der Waals surface area contributed by atoms with Crippen LogP contribution in [0.1, 0.15) is 13.3 Å². The van der Waals surface area contributed by atoms with Gasteiger partial charge in [0.05, 0.1) is 14.2 Å². The number of aromatic nitrogens is 3. The van der Waals surface area contributed by atoms with Crippen LogP contribution in [-0.4, -0.2) is 51.4 Å². The SMILES string of the molecule is COc1nc(NCCC(C)S(C)=O)nc(OC)n1. The van der Waals surface area contributed by atoms with Gasteiger partial charge < -0.3 is 14.8 Å². The average molecular weight is 274 g/mol. The molecule has 7 nitrogen and oxygen atoms in total. The zero-order valence-electron chi connectivity index (χ0n) is 11.0. The Kier molecular flexibility index (Phi) is 5.76. The Bertz CT molecular complexity index is 394. The van der Waals surface area contributed by atoms with Crippen molar-refractivity contribution in [2.24, 2.45) is 0 Å². The summed E-state index contributed by atoms with van der Waals surface area (Å²) in [5.41, 5.74) is 0. The second-order valence-electron chi connectivity index (χ2n) is 3.66. The van der Waals surface area contributed by atoms with Gasteiger partial charge in [-0.1, -0.05) is 6.92 Å². The topological polar surface area (TPSA) is 86.2 Å². The van der Waals surface area contributed by atoms with Crippen molar-refractivity contribution in [3.05, 3.63) is 0 Å². The van der Waals surface area contributed by atoms with Crippen molar-refractivity contribution < 1.29 is 13.7 Å². The highest BCUT2D eigenvalue weighted by Gasteiger charge is 2.08. The van der Waals surface area contributed by atoms with Crippen molar-refractivity contribution in [3.63, 3.8) is 0 Å². The molecule has 2 unspecified atom stereocenters. The Morgan fingerprint density at radius 2 is 1.78 bits per heavy atom. The van der Waals surface area contributed by atoms with E-state index in [4.69, 9.17) is 9.47 Å². The normalized spacial score (nSPS) is 13.8. The molecule has 8 heteroatoms. The summed E-state index contributed by atoms with van der Waals surface area (Å²) in [7, 11) is 2.12. The molecule has 0 aliphatic heterocycles. The van der Waals surface area contributed by atoms with Gasteiger partial charge in [-0.3, -0.25) is 4.21 Å². The molecule has 0 amide bonds. The molecule has 1 aromatic rings. The van der Waals surface area contributed by atoms with Gasteiger partial charge in [0.15, 0.2) is 0 Å². The van der Waals surface area contributed by atoms with Crippen molar-refractivity contribution in [2.45, 2.75) is 18.6 Å². The molecular formula is C10H18N4O3S. The first-order chi connectivity index (χ1) is 8.56. The summed E-state index contributed by atoms with van der Waals surface area (Å²) < 4.78 is 21.1. The van der Waals surface area contributed by atoms with Gasteiger partial charge in [-0.2, -0.15) is 9.97 Å². The lowest BCUT2D eigenvalue weighted by molar-refractivity contribution is 0.341. The number of hydrogen-bond donors (Lipinski definition) is 1. The summed E-state index contributed by atoms with van der Waals surface area (Å²) in [5.74, 6) is 0.382. The summed E-state index contributed by atoms with van der Waals surface area (Å²) in [6.07, 6.45) is 2.46. The maximum Gasteiger partial charge on any atom is 0.324 e. The Morgan fingerprint density at radius 1 is 1.22 bits per heavy atom. The largest absolute Gasteiger partial charge is 0.467 e. The summed E-state index contributed by atoms with van der Waals surface area (Å²) in [6.45, 7) is 2.56. The lowest BCUT2D eigenvalue weighted by Gasteiger charge is -2.10. The fourth-order valence-corrected chi connectivity index (χ4v) is 1.60. The van der Waals surface area contributed by atoms with Crippen LogP contribution in [0.5, 0.6) is 12.0 Å². The predicted molar refractivity (Wildman–Crippen MR) is 69.6 cm³/mol. The Hall–Kier alpha value is -1.44. The minimum absolute atomic E-state index is 0.128. The summed E-state index contributed by atoms with van der Waals surface area (Å²) in [5, 5.41) is 3.15. The van der Waals surface area contributed by atoms with E-state index in [2.05, 4.69) is 20.3 Å². The molecule has 1 rings (SSSR count). The van der Waals surface area contributed by atoms with Crippen LogP contribution in [0.2, 0.25) is 0 Å². The zero-order valence-corrected chi connectivity index (χ0v) is 11.8. The van der Waals surface area contributed by atoms with E-state index < -0.39 is 10.8 Å². The highest BCUT2D eigenvalue weighted by Crippen LogP contribution is 2.12. The molecule has 0 aliphatic rings. The van der Waals surface area contributed by atoms with E-state index in [9.17, 15) is 4.21 Å². The maximum absolute atomic E-state index is 11.2. The Labute approximate surface area is 109 Å². The van der Waals surface area contributed by atoms with Crippen LogP contribution in [-0.2, 0) is 10.8 Å². The van der Waals surface area contributed by atoms with Gasteiger partial charge in [0.25, 0.3) is 0 Å². The highest BCUT2D eigenvalue weighted by atomic mass is 32.2. The molecule has 0 aromatic carbocycles. The first kappa shape index (κ1) is 14.6. The van der Waals surface area contributed by atoms with Crippen LogP contribution >= 0.6 is 0 Å². The first-order valence-corrected chi connectivity index (χ1v) is 7.09. The molecule has 0 radical (unpaired) electrons. The monoisotopic (exact) mass is 274 g/mol. The summed E-state index contributed by atoms with van der Waals surface area (Å²) in [6, 6.07) is 0.382. The molecule has 1 N–H and O–H groups in total. The van der Waals surface area contributed by atoms with Crippen LogP contribution < -0.4 is 14.8 Å². The smallest absolute Gasteiger partial charge is 0.324 e. The molecule has 0 aliphatic carbocycles. The lowest BCUT2D eigenvalue weighted by atomic mass is 10.3. The lowest BCUT2D eigenvalue weighted by Crippen LogP contribution is -2.16. The number of rotatable bonds is 7. The van der Waals surface area contributed by atoms with Gasteiger partial charge in [-0.05, 0) is 6.42 Å². The minimum Gasteiger partial charge on any atom is -0.467 e. The Morgan fingerprint density at radius 3 is 2.22 bits per heavy atom. The fourth-order valence-electron chi connectivity index (χ4n) is 1.15. The number of anilines is 1. The van der Waals surface area contributed by atoms with Gasteiger partial charge in [0.1, 0.15) is 0 Å². The summed E-state index contributed by atoms with van der Waals surface area (Å²) in [4.78, 5) is 11.9. The van der Waals surface area contributed by atoms with Crippen molar-refractivity contribution in [2.75, 3.05) is 32.3 Å². The minimum atomic E-state index is -0.823. The molecule has 1 heterocycles. The fraction of sp³-hybridized carbons (Fsp3) is 0.700.